The molecular formula is C56H40FN. The number of nitrogens with zero attached hydrogens (tertiary/aromatic N) is 1. The van der Waals surface area contributed by atoms with Gasteiger partial charge in [-0.05, 0) is 122 Å². The molecule has 9 aromatic rings. The van der Waals surface area contributed by atoms with Gasteiger partial charge in [-0.2, -0.15) is 0 Å². The van der Waals surface area contributed by atoms with Crippen LogP contribution in [0.2, 0.25) is 0 Å². The van der Waals surface area contributed by atoms with Crippen LogP contribution in [0, 0.1) is 12.7 Å². The van der Waals surface area contributed by atoms with Crippen molar-refractivity contribution in [1.82, 2.24) is 4.57 Å². The Balaban J connectivity index is 1.23. The van der Waals surface area contributed by atoms with E-state index in [0.29, 0.717) is 0 Å². The fraction of sp³-hybridized carbons (Fsp3) is 0.0357. The third-order valence-electron chi connectivity index (χ3n) is 12.0. The van der Waals surface area contributed by atoms with E-state index in [2.05, 4.69) is 200 Å². The number of aromatic nitrogens is 1. The van der Waals surface area contributed by atoms with E-state index in [9.17, 15) is 4.39 Å². The number of allylic oxidation sites excluding steroid dienone is 2. The van der Waals surface area contributed by atoms with Crippen LogP contribution in [-0.2, 0) is 5.41 Å². The van der Waals surface area contributed by atoms with E-state index in [1.807, 2.05) is 18.2 Å². The van der Waals surface area contributed by atoms with E-state index < -0.39 is 5.41 Å². The first-order valence-electron chi connectivity index (χ1n) is 19.8. The largest absolute Gasteiger partial charge is 0.313 e. The Labute approximate surface area is 339 Å². The Kier molecular flexibility index (Phi) is 8.69. The zero-order valence-electron chi connectivity index (χ0n) is 32.2. The molecule has 1 heterocycles. The van der Waals surface area contributed by atoms with Gasteiger partial charge in [0.05, 0.1) is 10.9 Å². The summed E-state index contributed by atoms with van der Waals surface area (Å²) in [7, 11) is 0. The molecule has 10 rings (SSSR count). The van der Waals surface area contributed by atoms with E-state index in [-0.39, 0.29) is 5.82 Å². The molecule has 0 amide bonds. The normalized spacial score (nSPS) is 13.0. The Morgan fingerprint density at radius 1 is 0.552 bits per heavy atom. The minimum absolute atomic E-state index is 0.244. The molecule has 276 valence electrons. The lowest BCUT2D eigenvalue weighted by molar-refractivity contribution is 0.628. The Morgan fingerprint density at radius 2 is 1.17 bits per heavy atom. The summed E-state index contributed by atoms with van der Waals surface area (Å²) in [5, 5.41) is 1.18. The summed E-state index contributed by atoms with van der Waals surface area (Å²) in [5.74, 6) is -0.244. The van der Waals surface area contributed by atoms with Crippen LogP contribution in [0.25, 0.3) is 61.6 Å². The quantitative estimate of drug-likeness (QED) is 0.137. The van der Waals surface area contributed by atoms with Crippen molar-refractivity contribution in [1.29, 1.82) is 0 Å². The lowest BCUT2D eigenvalue weighted by Gasteiger charge is -2.34. The topological polar surface area (TPSA) is 4.93 Å². The zero-order chi connectivity index (χ0) is 39.2. The van der Waals surface area contributed by atoms with Crippen LogP contribution in [0.15, 0.2) is 213 Å². The van der Waals surface area contributed by atoms with Crippen LogP contribution in [0.1, 0.15) is 39.1 Å². The number of hydrogen-bond donors (Lipinski definition) is 0. The van der Waals surface area contributed by atoms with E-state index in [1.54, 1.807) is 12.1 Å². The van der Waals surface area contributed by atoms with Crippen molar-refractivity contribution < 1.29 is 4.39 Å². The van der Waals surface area contributed by atoms with Gasteiger partial charge < -0.3 is 4.57 Å². The van der Waals surface area contributed by atoms with Crippen molar-refractivity contribution >= 4 is 22.6 Å². The Morgan fingerprint density at radius 3 is 1.83 bits per heavy atom. The van der Waals surface area contributed by atoms with Gasteiger partial charge in [0.2, 0.25) is 0 Å². The standard InChI is InChI=1S/C56H40FN/c1-3-39(35-50-38(2)58(47-23-14-7-15-24-47)54-34-30-42(36-51(50)54)40-17-8-4-9-18-40)43-29-33-49-53(37-43)56(44-19-10-5-11-20-44,45-21-12-6-13-22-45)52-26-16-25-48(55(49)52)41-27-31-46(57)32-28-41/h3-37H,1H2,2H3/b39-35+. The molecule has 0 bridgehead atoms. The number of fused-ring (bicyclic) bond motifs is 4. The molecule has 0 spiro atoms. The lowest BCUT2D eigenvalue weighted by Crippen LogP contribution is -2.28. The SMILES string of the molecule is C=C/C(=C\c1c(C)n(-c2ccccc2)c2ccc(-c3ccccc3)cc12)c1ccc2c(c1)C(c1ccccc1)(c1ccccc1)c1cccc(-c3ccc(F)cc3)c1-2. The molecule has 8 aromatic carbocycles. The highest BCUT2D eigenvalue weighted by molar-refractivity contribution is 6.02. The van der Waals surface area contributed by atoms with Gasteiger partial charge in [0.15, 0.2) is 0 Å². The van der Waals surface area contributed by atoms with Crippen LogP contribution in [0.5, 0.6) is 0 Å². The molecule has 0 N–H and O–H groups in total. The number of hydrogen-bond acceptors (Lipinski definition) is 0. The van der Waals surface area contributed by atoms with E-state index in [1.165, 1.54) is 49.9 Å². The Hall–Kier alpha value is -7.29. The van der Waals surface area contributed by atoms with E-state index in [4.69, 9.17) is 0 Å². The maximum Gasteiger partial charge on any atom is 0.123 e. The second-order valence-corrected chi connectivity index (χ2v) is 15.0. The third-order valence-corrected chi connectivity index (χ3v) is 12.0. The van der Waals surface area contributed by atoms with Gasteiger partial charge in [-0.25, -0.2) is 4.39 Å². The Bertz CT molecular complexity index is 2950. The summed E-state index contributed by atoms with van der Waals surface area (Å²) in [5.41, 5.74) is 17.7. The molecule has 1 aromatic heterocycles. The maximum atomic E-state index is 14.3. The highest BCUT2D eigenvalue weighted by Gasteiger charge is 2.47. The monoisotopic (exact) mass is 745 g/mol. The van der Waals surface area contributed by atoms with Crippen molar-refractivity contribution in [3.8, 4) is 39.1 Å². The van der Waals surface area contributed by atoms with Gasteiger partial charge in [-0.15, -0.1) is 0 Å². The zero-order valence-corrected chi connectivity index (χ0v) is 32.2. The number of halogens is 1. The molecule has 2 heteroatoms. The summed E-state index contributed by atoms with van der Waals surface area (Å²) in [6.07, 6.45) is 4.31. The first-order chi connectivity index (χ1) is 28.6. The average molecular weight is 746 g/mol. The molecule has 0 saturated heterocycles. The molecule has 0 radical (unpaired) electrons. The fourth-order valence-corrected chi connectivity index (χ4v) is 9.35. The molecule has 1 aliphatic carbocycles. The molecule has 0 saturated carbocycles. The van der Waals surface area contributed by atoms with Gasteiger partial charge >= 0.3 is 0 Å². The summed E-state index contributed by atoms with van der Waals surface area (Å²) in [6.45, 7) is 6.63. The van der Waals surface area contributed by atoms with Gasteiger partial charge in [-0.3, -0.25) is 0 Å². The molecule has 0 aliphatic heterocycles. The predicted octanol–water partition coefficient (Wildman–Crippen LogP) is 14.5. The van der Waals surface area contributed by atoms with E-state index >= 15 is 0 Å². The second-order valence-electron chi connectivity index (χ2n) is 15.0. The van der Waals surface area contributed by atoms with Crippen LogP contribution in [0.4, 0.5) is 4.39 Å². The van der Waals surface area contributed by atoms with Crippen molar-refractivity contribution in [3.63, 3.8) is 0 Å². The van der Waals surface area contributed by atoms with Gasteiger partial charge in [0.1, 0.15) is 5.82 Å². The number of para-hydroxylation sites is 1. The maximum absolute atomic E-state index is 14.3. The summed E-state index contributed by atoms with van der Waals surface area (Å²) in [6, 6.07) is 70.1. The van der Waals surface area contributed by atoms with Gasteiger partial charge in [0.25, 0.3) is 0 Å². The first kappa shape index (κ1) is 35.1. The van der Waals surface area contributed by atoms with Crippen molar-refractivity contribution in [3.05, 3.63) is 258 Å². The molecular weight excluding hydrogens is 706 g/mol. The molecule has 0 atom stereocenters. The minimum atomic E-state index is -0.616. The molecule has 1 nitrogen and oxygen atoms in total. The van der Waals surface area contributed by atoms with Crippen LogP contribution >= 0.6 is 0 Å². The highest BCUT2D eigenvalue weighted by atomic mass is 19.1. The summed E-state index contributed by atoms with van der Waals surface area (Å²) >= 11 is 0. The van der Waals surface area contributed by atoms with Crippen LogP contribution < -0.4 is 0 Å². The second kappa shape index (κ2) is 14.3. The fourth-order valence-electron chi connectivity index (χ4n) is 9.35. The molecule has 58 heavy (non-hydrogen) atoms. The number of benzene rings is 8. The third kappa shape index (κ3) is 5.60. The van der Waals surface area contributed by atoms with E-state index in [0.717, 1.165) is 44.7 Å². The van der Waals surface area contributed by atoms with Gasteiger partial charge in [0, 0.05) is 22.3 Å². The first-order valence-corrected chi connectivity index (χ1v) is 19.8. The summed E-state index contributed by atoms with van der Waals surface area (Å²) in [4.78, 5) is 0. The molecule has 0 unspecified atom stereocenters. The van der Waals surface area contributed by atoms with Crippen molar-refractivity contribution in [2.24, 2.45) is 0 Å². The molecule has 1 aliphatic rings. The number of rotatable bonds is 8. The lowest BCUT2D eigenvalue weighted by atomic mass is 9.67. The average Bonchev–Trinajstić information content (AvgIpc) is 3.74. The minimum Gasteiger partial charge on any atom is -0.313 e. The van der Waals surface area contributed by atoms with Crippen molar-refractivity contribution in [2.45, 2.75) is 12.3 Å². The van der Waals surface area contributed by atoms with Crippen molar-refractivity contribution in [2.75, 3.05) is 0 Å². The van der Waals surface area contributed by atoms with Crippen LogP contribution in [-0.4, -0.2) is 4.57 Å². The smallest absolute Gasteiger partial charge is 0.123 e. The highest BCUT2D eigenvalue weighted by Crippen LogP contribution is 2.58. The molecule has 0 fully saturated rings. The van der Waals surface area contributed by atoms with Crippen LogP contribution in [0.3, 0.4) is 0 Å². The van der Waals surface area contributed by atoms with Gasteiger partial charge in [-0.1, -0.05) is 170 Å². The predicted molar refractivity (Wildman–Crippen MR) is 241 cm³/mol. The summed E-state index contributed by atoms with van der Waals surface area (Å²) < 4.78 is 16.6.